The van der Waals surface area contributed by atoms with Gasteiger partial charge in [-0.25, -0.2) is 0 Å². The summed E-state index contributed by atoms with van der Waals surface area (Å²) >= 11 is 0. The molecule has 0 saturated carbocycles. The third kappa shape index (κ3) is 2.93. The highest BCUT2D eigenvalue weighted by Crippen LogP contribution is 2.16. The molecule has 0 spiro atoms. The number of likely N-dealkylation sites (tertiary alicyclic amines) is 1. The van der Waals surface area contributed by atoms with Gasteiger partial charge in [-0.2, -0.15) is 0 Å². The molecule has 2 fully saturated rings. The van der Waals surface area contributed by atoms with Crippen molar-refractivity contribution in [2.24, 2.45) is 0 Å². The summed E-state index contributed by atoms with van der Waals surface area (Å²) in [5, 5.41) is 3.38. The van der Waals surface area contributed by atoms with E-state index >= 15 is 0 Å². The van der Waals surface area contributed by atoms with E-state index in [4.69, 9.17) is 9.47 Å². The van der Waals surface area contributed by atoms with Crippen LogP contribution >= 0.6 is 0 Å². The minimum Gasteiger partial charge on any atom is -0.355 e. The summed E-state index contributed by atoms with van der Waals surface area (Å²) in [4.78, 5) is 4.98. The van der Waals surface area contributed by atoms with Gasteiger partial charge in [0, 0.05) is 66.1 Å². The summed E-state index contributed by atoms with van der Waals surface area (Å²) in [6, 6.07) is 0.747. The van der Waals surface area contributed by atoms with Gasteiger partial charge in [-0.15, -0.1) is 0 Å². The lowest BCUT2D eigenvalue weighted by Crippen LogP contribution is -2.63. The molecular weight excluding hydrogens is 206 g/mol. The van der Waals surface area contributed by atoms with Gasteiger partial charge in [-0.1, -0.05) is 0 Å². The van der Waals surface area contributed by atoms with Crippen LogP contribution in [0, 0.1) is 0 Å². The highest BCUT2D eigenvalue weighted by atomic mass is 16.7. The number of methoxy groups -OCH3 is 2. The molecule has 94 valence electrons. The van der Waals surface area contributed by atoms with Crippen molar-refractivity contribution in [1.82, 2.24) is 15.1 Å². The van der Waals surface area contributed by atoms with Crippen LogP contribution in [-0.2, 0) is 9.47 Å². The maximum absolute atomic E-state index is 5.20. The van der Waals surface area contributed by atoms with E-state index in [1.54, 1.807) is 14.2 Å². The van der Waals surface area contributed by atoms with Crippen molar-refractivity contribution in [2.45, 2.75) is 12.3 Å². The molecule has 2 saturated heterocycles. The van der Waals surface area contributed by atoms with Crippen LogP contribution in [-0.4, -0.2) is 82.2 Å². The zero-order chi connectivity index (χ0) is 11.4. The van der Waals surface area contributed by atoms with Crippen LogP contribution in [0.1, 0.15) is 0 Å². The predicted octanol–water partition coefficient (Wildman–Crippen LogP) is -0.805. The SMILES string of the molecule is COC(CN1CC(N2CCNCC2)C1)OC. The molecule has 2 heterocycles. The average molecular weight is 229 g/mol. The zero-order valence-electron chi connectivity index (χ0n) is 10.3. The third-order valence-corrected chi connectivity index (χ3v) is 3.54. The molecule has 2 rings (SSSR count). The van der Waals surface area contributed by atoms with Crippen LogP contribution < -0.4 is 5.32 Å². The molecule has 0 radical (unpaired) electrons. The summed E-state index contributed by atoms with van der Waals surface area (Å²) in [5.74, 6) is 0. The predicted molar refractivity (Wildman–Crippen MR) is 62.5 cm³/mol. The number of rotatable bonds is 5. The Balaban J connectivity index is 1.64. The maximum Gasteiger partial charge on any atom is 0.169 e. The lowest BCUT2D eigenvalue weighted by molar-refractivity contribution is -0.130. The largest absolute Gasteiger partial charge is 0.355 e. The lowest BCUT2D eigenvalue weighted by Gasteiger charge is -2.47. The first-order valence-corrected chi connectivity index (χ1v) is 6.06. The highest BCUT2D eigenvalue weighted by molar-refractivity contribution is 4.89. The standard InChI is InChI=1S/C11H23N3O2/c1-15-11(16-2)9-13-7-10(8-13)14-5-3-12-4-6-14/h10-12H,3-9H2,1-2H3. The summed E-state index contributed by atoms with van der Waals surface area (Å²) in [7, 11) is 3.39. The molecule has 0 unspecified atom stereocenters. The van der Waals surface area contributed by atoms with E-state index in [9.17, 15) is 0 Å². The monoisotopic (exact) mass is 229 g/mol. The van der Waals surface area contributed by atoms with Crippen LogP contribution in [0.15, 0.2) is 0 Å². The molecule has 0 aliphatic carbocycles. The van der Waals surface area contributed by atoms with Gasteiger partial charge in [0.2, 0.25) is 0 Å². The Morgan fingerprint density at radius 3 is 2.38 bits per heavy atom. The summed E-state index contributed by atoms with van der Waals surface area (Å²) < 4.78 is 10.4. The van der Waals surface area contributed by atoms with Gasteiger partial charge in [0.1, 0.15) is 0 Å². The quantitative estimate of drug-likeness (QED) is 0.624. The smallest absolute Gasteiger partial charge is 0.169 e. The van der Waals surface area contributed by atoms with Gasteiger partial charge in [-0.05, 0) is 0 Å². The molecule has 0 aromatic heterocycles. The average Bonchev–Trinajstić information content (AvgIpc) is 2.29. The Morgan fingerprint density at radius 2 is 1.81 bits per heavy atom. The number of nitrogens with zero attached hydrogens (tertiary/aromatic N) is 2. The molecule has 0 aromatic carbocycles. The normalized spacial score (nSPS) is 24.9. The van der Waals surface area contributed by atoms with Crippen LogP contribution in [0.3, 0.4) is 0 Å². The molecule has 0 amide bonds. The Bertz CT molecular complexity index is 199. The number of piperazine rings is 1. The van der Waals surface area contributed by atoms with Crippen LogP contribution in [0.4, 0.5) is 0 Å². The molecule has 5 heteroatoms. The molecular formula is C11H23N3O2. The topological polar surface area (TPSA) is 37.0 Å². The van der Waals surface area contributed by atoms with E-state index in [0.29, 0.717) is 0 Å². The van der Waals surface area contributed by atoms with E-state index in [1.807, 2.05) is 0 Å². The van der Waals surface area contributed by atoms with Crippen molar-refractivity contribution in [2.75, 3.05) is 60.0 Å². The Morgan fingerprint density at radius 1 is 1.19 bits per heavy atom. The van der Waals surface area contributed by atoms with Crippen molar-refractivity contribution in [3.8, 4) is 0 Å². The van der Waals surface area contributed by atoms with E-state index in [1.165, 1.54) is 13.1 Å². The second-order valence-corrected chi connectivity index (χ2v) is 4.56. The van der Waals surface area contributed by atoms with Crippen molar-refractivity contribution in [1.29, 1.82) is 0 Å². The van der Waals surface area contributed by atoms with Gasteiger partial charge < -0.3 is 14.8 Å². The van der Waals surface area contributed by atoms with E-state index in [0.717, 1.165) is 38.8 Å². The molecule has 16 heavy (non-hydrogen) atoms. The Labute approximate surface area is 97.7 Å². The van der Waals surface area contributed by atoms with Crippen LogP contribution in [0.25, 0.3) is 0 Å². The lowest BCUT2D eigenvalue weighted by atomic mass is 10.1. The Kier molecular flexibility index (Phi) is 4.55. The highest BCUT2D eigenvalue weighted by Gasteiger charge is 2.33. The van der Waals surface area contributed by atoms with Gasteiger partial charge in [-0.3, -0.25) is 9.80 Å². The fourth-order valence-electron chi connectivity index (χ4n) is 2.43. The van der Waals surface area contributed by atoms with Crippen molar-refractivity contribution in [3.63, 3.8) is 0 Å². The first kappa shape index (κ1) is 12.3. The molecule has 0 atom stereocenters. The van der Waals surface area contributed by atoms with Crippen LogP contribution in [0.5, 0.6) is 0 Å². The van der Waals surface area contributed by atoms with E-state index in [-0.39, 0.29) is 6.29 Å². The van der Waals surface area contributed by atoms with Gasteiger partial charge in [0.05, 0.1) is 0 Å². The molecule has 0 aromatic rings. The van der Waals surface area contributed by atoms with Gasteiger partial charge >= 0.3 is 0 Å². The van der Waals surface area contributed by atoms with Crippen molar-refractivity contribution < 1.29 is 9.47 Å². The van der Waals surface area contributed by atoms with Crippen molar-refractivity contribution >= 4 is 0 Å². The minimum absolute atomic E-state index is 0.0797. The van der Waals surface area contributed by atoms with Gasteiger partial charge in [0.15, 0.2) is 6.29 Å². The number of ether oxygens (including phenoxy) is 2. The number of nitrogens with one attached hydrogen (secondary N) is 1. The number of hydrogen-bond donors (Lipinski definition) is 1. The number of hydrogen-bond acceptors (Lipinski definition) is 5. The second-order valence-electron chi connectivity index (χ2n) is 4.56. The molecule has 0 bridgehead atoms. The second kappa shape index (κ2) is 5.93. The molecule has 5 nitrogen and oxygen atoms in total. The van der Waals surface area contributed by atoms with Crippen molar-refractivity contribution in [3.05, 3.63) is 0 Å². The molecule has 1 N–H and O–H groups in total. The van der Waals surface area contributed by atoms with E-state index < -0.39 is 0 Å². The summed E-state index contributed by atoms with van der Waals surface area (Å²) in [5.41, 5.74) is 0. The van der Waals surface area contributed by atoms with Crippen LogP contribution in [0.2, 0.25) is 0 Å². The first-order chi connectivity index (χ1) is 7.83. The Hall–Kier alpha value is -0.200. The molecule has 2 aliphatic rings. The molecule has 2 aliphatic heterocycles. The third-order valence-electron chi connectivity index (χ3n) is 3.54. The fraction of sp³-hybridized carbons (Fsp3) is 1.00. The minimum atomic E-state index is -0.0797. The first-order valence-electron chi connectivity index (χ1n) is 6.06. The van der Waals surface area contributed by atoms with E-state index in [2.05, 4.69) is 15.1 Å². The zero-order valence-corrected chi connectivity index (χ0v) is 10.3. The van der Waals surface area contributed by atoms with Gasteiger partial charge in [0.25, 0.3) is 0 Å². The maximum atomic E-state index is 5.20. The summed E-state index contributed by atoms with van der Waals surface area (Å²) in [6.45, 7) is 7.85. The fourth-order valence-corrected chi connectivity index (χ4v) is 2.43. The summed E-state index contributed by atoms with van der Waals surface area (Å²) in [6.07, 6.45) is -0.0797.